The lowest BCUT2D eigenvalue weighted by Gasteiger charge is -2.14. The van der Waals surface area contributed by atoms with Crippen LogP contribution in [0.25, 0.3) is 11.2 Å². The highest BCUT2D eigenvalue weighted by molar-refractivity contribution is 6.31. The van der Waals surface area contributed by atoms with Crippen LogP contribution in [0, 0.1) is 0 Å². The van der Waals surface area contributed by atoms with Crippen molar-refractivity contribution in [3.8, 4) is 0 Å². The van der Waals surface area contributed by atoms with Crippen molar-refractivity contribution < 1.29 is 0 Å². The van der Waals surface area contributed by atoms with Crippen molar-refractivity contribution in [3.63, 3.8) is 0 Å². The van der Waals surface area contributed by atoms with Gasteiger partial charge >= 0.3 is 0 Å². The molecule has 0 aliphatic rings. The number of hydrogen-bond acceptors (Lipinski definition) is 2. The van der Waals surface area contributed by atoms with Crippen molar-refractivity contribution in [1.82, 2.24) is 14.5 Å². The number of rotatable bonds is 2. The zero-order valence-corrected chi connectivity index (χ0v) is 10.8. The summed E-state index contributed by atoms with van der Waals surface area (Å²) >= 11 is 5.93. The Balaban J connectivity index is 2.75. The van der Waals surface area contributed by atoms with E-state index in [0.717, 1.165) is 17.0 Å². The summed E-state index contributed by atoms with van der Waals surface area (Å²) < 4.78 is 2.18. The number of fused-ring (bicyclic) bond motifs is 1. The van der Waals surface area contributed by atoms with E-state index in [1.165, 1.54) is 0 Å². The molecule has 2 rings (SSSR count). The Kier molecular flexibility index (Phi) is 2.89. The van der Waals surface area contributed by atoms with Gasteiger partial charge in [-0.1, -0.05) is 25.4 Å². The van der Waals surface area contributed by atoms with E-state index >= 15 is 0 Å². The van der Waals surface area contributed by atoms with Crippen LogP contribution in [0.4, 0.5) is 0 Å². The molecule has 0 atom stereocenters. The fourth-order valence-corrected chi connectivity index (χ4v) is 2.04. The molecule has 2 aromatic heterocycles. The van der Waals surface area contributed by atoms with Gasteiger partial charge in [0.15, 0.2) is 5.65 Å². The van der Waals surface area contributed by atoms with Gasteiger partial charge in [-0.05, 0) is 19.9 Å². The molecule has 0 aliphatic carbocycles. The molecule has 0 bridgehead atoms. The van der Waals surface area contributed by atoms with Crippen LogP contribution in [0.3, 0.4) is 0 Å². The Hall–Kier alpha value is -1.09. The van der Waals surface area contributed by atoms with Crippen molar-refractivity contribution in [2.45, 2.75) is 39.7 Å². The topological polar surface area (TPSA) is 30.7 Å². The second kappa shape index (κ2) is 4.06. The van der Waals surface area contributed by atoms with Crippen LogP contribution in [0.5, 0.6) is 0 Å². The van der Waals surface area contributed by atoms with Gasteiger partial charge in [0.2, 0.25) is 0 Å². The summed E-state index contributed by atoms with van der Waals surface area (Å²) in [5, 5.41) is 0.635. The summed E-state index contributed by atoms with van der Waals surface area (Å²) in [6.07, 6.45) is 1.68. The van der Waals surface area contributed by atoms with E-state index in [9.17, 15) is 0 Å². The number of pyridine rings is 1. The molecule has 0 unspecified atom stereocenters. The van der Waals surface area contributed by atoms with E-state index in [2.05, 4.69) is 42.2 Å². The molecule has 0 spiro atoms. The molecule has 0 aliphatic heterocycles. The molecule has 16 heavy (non-hydrogen) atoms. The molecule has 4 heteroatoms. The number of imidazole rings is 1. The number of halogens is 1. The molecule has 0 fully saturated rings. The number of hydrogen-bond donors (Lipinski definition) is 0. The van der Waals surface area contributed by atoms with Crippen LogP contribution < -0.4 is 0 Å². The first-order valence-electron chi connectivity index (χ1n) is 5.54. The highest BCUT2D eigenvalue weighted by Crippen LogP contribution is 2.25. The monoisotopic (exact) mass is 237 g/mol. The molecule has 3 nitrogen and oxygen atoms in total. The lowest BCUT2D eigenvalue weighted by atomic mass is 10.2. The minimum Gasteiger partial charge on any atom is -0.310 e. The maximum atomic E-state index is 5.93. The predicted octanol–water partition coefficient (Wildman–Crippen LogP) is 3.79. The normalized spacial score (nSPS) is 11.9. The van der Waals surface area contributed by atoms with Crippen LogP contribution in [0.15, 0.2) is 12.3 Å². The third-order valence-corrected chi connectivity index (χ3v) is 2.76. The van der Waals surface area contributed by atoms with E-state index in [1.807, 2.05) is 6.07 Å². The summed E-state index contributed by atoms with van der Waals surface area (Å²) in [6.45, 7) is 8.57. The Morgan fingerprint density at radius 1 is 1.25 bits per heavy atom. The van der Waals surface area contributed by atoms with Gasteiger partial charge in [-0.2, -0.15) is 0 Å². The molecule has 0 saturated carbocycles. The average molecular weight is 238 g/mol. The van der Waals surface area contributed by atoms with Gasteiger partial charge in [-0.25, -0.2) is 9.97 Å². The van der Waals surface area contributed by atoms with Crippen LogP contribution in [0.2, 0.25) is 5.02 Å². The largest absolute Gasteiger partial charge is 0.310 e. The molecule has 0 amide bonds. The minimum absolute atomic E-state index is 0.357. The summed E-state index contributed by atoms with van der Waals surface area (Å²) in [7, 11) is 0. The molecule has 0 N–H and O–H groups in total. The van der Waals surface area contributed by atoms with Gasteiger partial charge in [0.25, 0.3) is 0 Å². The van der Waals surface area contributed by atoms with Crippen molar-refractivity contribution in [3.05, 3.63) is 23.1 Å². The van der Waals surface area contributed by atoms with Gasteiger partial charge in [-0.15, -0.1) is 0 Å². The number of nitrogens with zero attached hydrogens (tertiary/aromatic N) is 3. The molecular weight excluding hydrogens is 222 g/mol. The average Bonchev–Trinajstić information content (AvgIpc) is 2.55. The minimum atomic E-state index is 0.357. The van der Waals surface area contributed by atoms with Crippen molar-refractivity contribution in [1.29, 1.82) is 0 Å². The van der Waals surface area contributed by atoms with Crippen LogP contribution in [-0.2, 0) is 0 Å². The zero-order valence-electron chi connectivity index (χ0n) is 10.0. The van der Waals surface area contributed by atoms with E-state index in [4.69, 9.17) is 11.6 Å². The summed E-state index contributed by atoms with van der Waals surface area (Å²) in [5.41, 5.74) is 1.80. The lowest BCUT2D eigenvalue weighted by molar-refractivity contribution is 0.561. The van der Waals surface area contributed by atoms with Crippen LogP contribution in [0.1, 0.15) is 45.5 Å². The first-order valence-corrected chi connectivity index (χ1v) is 5.92. The molecule has 86 valence electrons. The third kappa shape index (κ3) is 1.80. The molecular formula is C12H16ClN3. The first-order chi connectivity index (χ1) is 7.50. The fraction of sp³-hybridized carbons (Fsp3) is 0.500. The van der Waals surface area contributed by atoms with Gasteiger partial charge in [0, 0.05) is 18.2 Å². The Morgan fingerprint density at radius 3 is 2.50 bits per heavy atom. The van der Waals surface area contributed by atoms with E-state index in [-0.39, 0.29) is 0 Å². The lowest BCUT2D eigenvalue weighted by Crippen LogP contribution is -2.08. The van der Waals surface area contributed by atoms with Gasteiger partial charge < -0.3 is 4.57 Å². The molecule has 2 aromatic rings. The number of aromatic nitrogens is 3. The van der Waals surface area contributed by atoms with E-state index < -0.39 is 0 Å². The first kappa shape index (κ1) is 11.4. The fourth-order valence-electron chi connectivity index (χ4n) is 1.89. The highest BCUT2D eigenvalue weighted by Gasteiger charge is 2.16. The third-order valence-electron chi connectivity index (χ3n) is 2.56. The van der Waals surface area contributed by atoms with Crippen LogP contribution in [-0.4, -0.2) is 14.5 Å². The van der Waals surface area contributed by atoms with Gasteiger partial charge in [0.1, 0.15) is 11.3 Å². The second-order valence-electron chi connectivity index (χ2n) is 4.58. The maximum absolute atomic E-state index is 5.93. The zero-order chi connectivity index (χ0) is 11.9. The Labute approximate surface area is 100 Å². The predicted molar refractivity (Wildman–Crippen MR) is 67.0 cm³/mol. The van der Waals surface area contributed by atoms with Gasteiger partial charge in [-0.3, -0.25) is 0 Å². The van der Waals surface area contributed by atoms with Gasteiger partial charge in [0.05, 0.1) is 5.02 Å². The quantitative estimate of drug-likeness (QED) is 0.796. The Bertz CT molecular complexity index is 514. The van der Waals surface area contributed by atoms with Crippen molar-refractivity contribution >= 4 is 22.8 Å². The maximum Gasteiger partial charge on any atom is 0.160 e. The summed E-state index contributed by atoms with van der Waals surface area (Å²) in [5.74, 6) is 1.45. The SMILES string of the molecule is CC(C)c1nc2cc(Cl)cnc2n1C(C)C. The summed E-state index contributed by atoms with van der Waals surface area (Å²) in [4.78, 5) is 8.98. The van der Waals surface area contributed by atoms with E-state index in [1.54, 1.807) is 6.20 Å². The van der Waals surface area contributed by atoms with Crippen LogP contribution >= 0.6 is 11.6 Å². The van der Waals surface area contributed by atoms with Crippen molar-refractivity contribution in [2.24, 2.45) is 0 Å². The van der Waals surface area contributed by atoms with Crippen molar-refractivity contribution in [2.75, 3.05) is 0 Å². The standard InChI is InChI=1S/C12H16ClN3/c1-7(2)11-15-10-5-9(13)6-14-12(10)16(11)8(3)4/h5-8H,1-4H3. The Morgan fingerprint density at radius 2 is 1.94 bits per heavy atom. The molecule has 2 heterocycles. The molecule has 0 saturated heterocycles. The van der Waals surface area contributed by atoms with E-state index in [0.29, 0.717) is 17.0 Å². The highest BCUT2D eigenvalue weighted by atomic mass is 35.5. The molecule has 0 radical (unpaired) electrons. The smallest absolute Gasteiger partial charge is 0.160 e. The summed E-state index contributed by atoms with van der Waals surface area (Å²) in [6, 6.07) is 2.23. The second-order valence-corrected chi connectivity index (χ2v) is 5.02. The molecule has 0 aromatic carbocycles.